The molecule has 1 saturated heterocycles. The molecule has 0 radical (unpaired) electrons. The van der Waals surface area contributed by atoms with Crippen LogP contribution in [-0.4, -0.2) is 53.8 Å². The largest absolute Gasteiger partial charge is 0.378 e. The molecule has 0 saturated carbocycles. The molecule has 164 valence electrons. The van der Waals surface area contributed by atoms with Crippen molar-refractivity contribution in [2.75, 3.05) is 43.1 Å². The molecule has 0 bridgehead atoms. The number of amides is 2. The Labute approximate surface area is 186 Å². The Morgan fingerprint density at radius 3 is 2.52 bits per heavy atom. The molecular formula is C22H28N6O2S. The second-order valence-electron chi connectivity index (χ2n) is 8.49. The molecule has 8 nitrogen and oxygen atoms in total. The van der Waals surface area contributed by atoms with Crippen molar-refractivity contribution in [2.45, 2.75) is 33.1 Å². The number of carbonyl (C=O) groups excluding carboxylic acids is 1. The van der Waals surface area contributed by atoms with Crippen LogP contribution in [0.4, 0.5) is 15.6 Å². The summed E-state index contributed by atoms with van der Waals surface area (Å²) in [4.78, 5) is 28.1. The van der Waals surface area contributed by atoms with Crippen molar-refractivity contribution in [2.24, 2.45) is 0 Å². The van der Waals surface area contributed by atoms with Crippen LogP contribution in [-0.2, 0) is 10.2 Å². The lowest BCUT2D eigenvalue weighted by Crippen LogP contribution is -2.36. The molecular weight excluding hydrogens is 412 g/mol. The third-order valence-corrected chi connectivity index (χ3v) is 6.05. The van der Waals surface area contributed by atoms with Gasteiger partial charge < -0.3 is 15.0 Å². The minimum absolute atomic E-state index is 0.101. The van der Waals surface area contributed by atoms with E-state index in [0.29, 0.717) is 24.9 Å². The van der Waals surface area contributed by atoms with Crippen molar-refractivity contribution in [3.8, 4) is 11.1 Å². The Morgan fingerprint density at radius 2 is 1.87 bits per heavy atom. The zero-order chi connectivity index (χ0) is 22.0. The molecule has 0 unspecified atom stereocenters. The van der Waals surface area contributed by atoms with Crippen LogP contribution < -0.4 is 15.5 Å². The first-order valence-electron chi connectivity index (χ1n) is 10.5. The van der Waals surface area contributed by atoms with Gasteiger partial charge in [0, 0.05) is 43.0 Å². The lowest BCUT2D eigenvalue weighted by molar-refractivity contribution is 0.123. The fraction of sp³-hybridized carbons (Fsp3) is 0.455. The fourth-order valence-electron chi connectivity index (χ4n) is 3.44. The van der Waals surface area contributed by atoms with E-state index in [1.807, 2.05) is 25.4 Å². The van der Waals surface area contributed by atoms with Crippen molar-refractivity contribution >= 4 is 38.4 Å². The number of rotatable bonds is 4. The van der Waals surface area contributed by atoms with Crippen LogP contribution >= 0.6 is 11.3 Å². The van der Waals surface area contributed by atoms with Crippen LogP contribution in [0.1, 0.15) is 33.5 Å². The van der Waals surface area contributed by atoms with Gasteiger partial charge in [0.1, 0.15) is 5.82 Å². The SMILES string of the molecule is CCNC(=O)Nc1nc2cc(-c3cnc(C(C)(C)C)nc3)cc(N3CCOCC3)c2s1. The Kier molecular flexibility index (Phi) is 6.06. The lowest BCUT2D eigenvalue weighted by atomic mass is 9.95. The summed E-state index contributed by atoms with van der Waals surface area (Å²) in [6.07, 6.45) is 3.75. The number of nitrogens with one attached hydrogen (secondary N) is 2. The molecule has 2 aromatic heterocycles. The number of benzene rings is 1. The Balaban J connectivity index is 1.76. The molecule has 1 aliphatic heterocycles. The van der Waals surface area contributed by atoms with E-state index in [4.69, 9.17) is 4.74 Å². The number of ether oxygens (including phenoxy) is 1. The average molecular weight is 441 g/mol. The maximum atomic E-state index is 12.0. The molecule has 2 N–H and O–H groups in total. The van der Waals surface area contributed by atoms with Crippen molar-refractivity contribution in [3.05, 3.63) is 30.4 Å². The van der Waals surface area contributed by atoms with Gasteiger partial charge in [0.05, 0.1) is 29.1 Å². The molecule has 2 amide bonds. The minimum atomic E-state index is -0.249. The van der Waals surface area contributed by atoms with E-state index in [9.17, 15) is 4.79 Å². The maximum absolute atomic E-state index is 12.0. The number of aromatic nitrogens is 3. The smallest absolute Gasteiger partial charge is 0.321 e. The van der Waals surface area contributed by atoms with Crippen LogP contribution in [0.25, 0.3) is 21.3 Å². The van der Waals surface area contributed by atoms with E-state index < -0.39 is 0 Å². The first-order chi connectivity index (χ1) is 14.8. The number of fused-ring (bicyclic) bond motifs is 1. The average Bonchev–Trinajstić information content (AvgIpc) is 3.15. The monoisotopic (exact) mass is 440 g/mol. The first-order valence-corrected chi connectivity index (χ1v) is 11.3. The molecule has 0 spiro atoms. The second kappa shape index (κ2) is 8.76. The Morgan fingerprint density at radius 1 is 1.16 bits per heavy atom. The topological polar surface area (TPSA) is 92.3 Å². The number of hydrogen-bond donors (Lipinski definition) is 2. The lowest BCUT2D eigenvalue weighted by Gasteiger charge is -2.29. The molecule has 3 aromatic rings. The highest BCUT2D eigenvalue weighted by atomic mass is 32.1. The van der Waals surface area contributed by atoms with Crippen LogP contribution in [0.5, 0.6) is 0 Å². The molecule has 0 atom stereocenters. The number of morpholine rings is 1. The summed E-state index contributed by atoms with van der Waals surface area (Å²) in [5, 5.41) is 6.16. The molecule has 1 fully saturated rings. The number of urea groups is 1. The third-order valence-electron chi connectivity index (χ3n) is 5.04. The quantitative estimate of drug-likeness (QED) is 0.636. The molecule has 9 heteroatoms. The highest BCUT2D eigenvalue weighted by molar-refractivity contribution is 7.23. The number of anilines is 2. The molecule has 4 rings (SSSR count). The second-order valence-corrected chi connectivity index (χ2v) is 9.49. The zero-order valence-electron chi connectivity index (χ0n) is 18.4. The maximum Gasteiger partial charge on any atom is 0.321 e. The van der Waals surface area contributed by atoms with Gasteiger partial charge in [-0.1, -0.05) is 32.1 Å². The number of nitrogens with zero attached hydrogens (tertiary/aromatic N) is 4. The molecule has 0 aliphatic carbocycles. The normalized spacial score (nSPS) is 14.6. The van der Waals surface area contributed by atoms with Gasteiger partial charge in [0.25, 0.3) is 0 Å². The third kappa shape index (κ3) is 4.77. The van der Waals surface area contributed by atoms with Crippen molar-refractivity contribution < 1.29 is 9.53 Å². The summed E-state index contributed by atoms with van der Waals surface area (Å²) in [6, 6.07) is 3.95. The number of carbonyl (C=O) groups is 1. The molecule has 1 aromatic carbocycles. The van der Waals surface area contributed by atoms with Gasteiger partial charge in [0.15, 0.2) is 5.13 Å². The van der Waals surface area contributed by atoms with Crippen molar-refractivity contribution in [1.29, 1.82) is 0 Å². The Bertz CT molecular complexity index is 1070. The van der Waals surface area contributed by atoms with Gasteiger partial charge in [-0.25, -0.2) is 19.7 Å². The van der Waals surface area contributed by atoms with E-state index in [1.165, 1.54) is 11.3 Å². The van der Waals surface area contributed by atoms with Crippen LogP contribution in [0.2, 0.25) is 0 Å². The molecule has 3 heterocycles. The van der Waals surface area contributed by atoms with Gasteiger partial charge in [-0.05, 0) is 24.6 Å². The fourth-order valence-corrected chi connectivity index (χ4v) is 4.42. The summed E-state index contributed by atoms with van der Waals surface area (Å²) in [6.45, 7) is 11.8. The van der Waals surface area contributed by atoms with E-state index in [0.717, 1.165) is 45.9 Å². The van der Waals surface area contributed by atoms with Gasteiger partial charge in [-0.15, -0.1) is 0 Å². The van der Waals surface area contributed by atoms with Crippen molar-refractivity contribution in [3.63, 3.8) is 0 Å². The standard InChI is InChI=1S/C22H28N6O2S/c1-5-23-20(29)27-21-26-16-10-14(15-12-24-19(25-13-15)22(2,3)4)11-17(18(16)31-21)28-6-8-30-9-7-28/h10-13H,5-9H2,1-4H3,(H2,23,26,27,29). The minimum Gasteiger partial charge on any atom is -0.378 e. The van der Waals surface area contributed by atoms with Gasteiger partial charge in [-0.3, -0.25) is 5.32 Å². The highest BCUT2D eigenvalue weighted by Gasteiger charge is 2.20. The zero-order valence-corrected chi connectivity index (χ0v) is 19.2. The number of thiazole rings is 1. The van der Waals surface area contributed by atoms with Crippen LogP contribution in [0, 0.1) is 0 Å². The van der Waals surface area contributed by atoms with Crippen LogP contribution in [0.15, 0.2) is 24.5 Å². The number of hydrogen-bond acceptors (Lipinski definition) is 7. The summed E-state index contributed by atoms with van der Waals surface area (Å²) < 4.78 is 6.58. The first kappa shape index (κ1) is 21.5. The van der Waals surface area contributed by atoms with E-state index in [2.05, 4.69) is 57.3 Å². The highest BCUT2D eigenvalue weighted by Crippen LogP contribution is 2.38. The van der Waals surface area contributed by atoms with E-state index >= 15 is 0 Å². The predicted octanol–water partition coefficient (Wildman–Crippen LogP) is 4.03. The van der Waals surface area contributed by atoms with E-state index in [1.54, 1.807) is 0 Å². The summed E-state index contributed by atoms with van der Waals surface area (Å²) >= 11 is 1.48. The predicted molar refractivity (Wildman–Crippen MR) is 125 cm³/mol. The van der Waals surface area contributed by atoms with Gasteiger partial charge in [-0.2, -0.15) is 0 Å². The Hall–Kier alpha value is -2.78. The van der Waals surface area contributed by atoms with E-state index in [-0.39, 0.29) is 11.4 Å². The summed E-state index contributed by atoms with van der Waals surface area (Å²) in [5.41, 5.74) is 3.78. The van der Waals surface area contributed by atoms with Gasteiger partial charge >= 0.3 is 6.03 Å². The summed E-state index contributed by atoms with van der Waals surface area (Å²) in [7, 11) is 0. The molecule has 31 heavy (non-hydrogen) atoms. The van der Waals surface area contributed by atoms with Crippen molar-refractivity contribution in [1.82, 2.24) is 20.3 Å². The molecule has 1 aliphatic rings. The summed E-state index contributed by atoms with van der Waals surface area (Å²) in [5.74, 6) is 0.813. The van der Waals surface area contributed by atoms with Crippen LogP contribution in [0.3, 0.4) is 0 Å². The van der Waals surface area contributed by atoms with Gasteiger partial charge in [0.2, 0.25) is 0 Å².